The lowest BCUT2D eigenvalue weighted by Gasteiger charge is -2.33. The third-order valence-electron chi connectivity index (χ3n) is 5.53. The van der Waals surface area contributed by atoms with E-state index in [1.54, 1.807) is 18.2 Å². The number of likely N-dealkylation sites (tertiary alicyclic amines) is 1. The minimum Gasteiger partial charge on any atom is -0.347 e. The van der Waals surface area contributed by atoms with E-state index in [1.165, 1.54) is 0 Å². The molecule has 0 unspecified atom stereocenters. The van der Waals surface area contributed by atoms with Crippen molar-refractivity contribution in [2.45, 2.75) is 31.8 Å². The van der Waals surface area contributed by atoms with Gasteiger partial charge < -0.3 is 15.5 Å². The number of anilines is 1. The third kappa shape index (κ3) is 3.65. The second kappa shape index (κ2) is 7.24. The van der Waals surface area contributed by atoms with Crippen molar-refractivity contribution in [2.24, 2.45) is 5.92 Å². The SMILES string of the molecule is Cc1cc(Cl)ccc1NC(=O)N1C[C@@H]2C[C@H](NC(=O)c3ccccc3)[C@H]1C2. The Morgan fingerprint density at radius 2 is 1.89 bits per heavy atom. The van der Waals surface area contributed by atoms with Crippen LogP contribution in [-0.2, 0) is 0 Å². The van der Waals surface area contributed by atoms with E-state index in [0.29, 0.717) is 16.5 Å². The van der Waals surface area contributed by atoms with Gasteiger partial charge in [-0.1, -0.05) is 29.8 Å². The highest BCUT2D eigenvalue weighted by Gasteiger charge is 2.47. The summed E-state index contributed by atoms with van der Waals surface area (Å²) in [6, 6.07) is 14.5. The Morgan fingerprint density at radius 3 is 2.59 bits per heavy atom. The maximum Gasteiger partial charge on any atom is 0.322 e. The number of fused-ring (bicyclic) bond motifs is 2. The fourth-order valence-electron chi connectivity index (χ4n) is 4.21. The van der Waals surface area contributed by atoms with E-state index in [2.05, 4.69) is 10.6 Å². The maximum absolute atomic E-state index is 12.8. The number of aryl methyl sites for hydroxylation is 1. The van der Waals surface area contributed by atoms with Crippen LogP contribution < -0.4 is 10.6 Å². The van der Waals surface area contributed by atoms with Gasteiger partial charge in [-0.15, -0.1) is 0 Å². The molecule has 1 saturated heterocycles. The second-order valence-electron chi connectivity index (χ2n) is 7.39. The average Bonchev–Trinajstić information content (AvgIpc) is 3.25. The normalized spacial score (nSPS) is 23.3. The summed E-state index contributed by atoms with van der Waals surface area (Å²) in [5.41, 5.74) is 2.33. The summed E-state index contributed by atoms with van der Waals surface area (Å²) < 4.78 is 0. The van der Waals surface area contributed by atoms with Gasteiger partial charge in [0, 0.05) is 28.9 Å². The van der Waals surface area contributed by atoms with Crippen molar-refractivity contribution in [2.75, 3.05) is 11.9 Å². The lowest BCUT2D eigenvalue weighted by atomic mass is 10.1. The van der Waals surface area contributed by atoms with Crippen molar-refractivity contribution in [3.8, 4) is 0 Å². The number of nitrogens with one attached hydrogen (secondary N) is 2. The largest absolute Gasteiger partial charge is 0.347 e. The Morgan fingerprint density at radius 1 is 1.11 bits per heavy atom. The smallest absolute Gasteiger partial charge is 0.322 e. The van der Waals surface area contributed by atoms with Gasteiger partial charge in [-0.05, 0) is 61.6 Å². The first-order valence-corrected chi connectivity index (χ1v) is 9.59. The number of urea groups is 1. The summed E-state index contributed by atoms with van der Waals surface area (Å²) in [5, 5.41) is 6.75. The number of hydrogen-bond acceptors (Lipinski definition) is 2. The zero-order valence-corrected chi connectivity index (χ0v) is 15.9. The van der Waals surface area contributed by atoms with Crippen molar-refractivity contribution < 1.29 is 9.59 Å². The quantitative estimate of drug-likeness (QED) is 0.839. The molecule has 2 aromatic carbocycles. The second-order valence-corrected chi connectivity index (χ2v) is 7.83. The summed E-state index contributed by atoms with van der Waals surface area (Å²) in [4.78, 5) is 27.1. The number of amides is 3. The molecule has 0 aromatic heterocycles. The van der Waals surface area contributed by atoms with Gasteiger partial charge in [0.25, 0.3) is 5.91 Å². The molecular weight excluding hydrogens is 362 g/mol. The van der Waals surface area contributed by atoms with Gasteiger partial charge in [-0.2, -0.15) is 0 Å². The van der Waals surface area contributed by atoms with Crippen LogP contribution in [0.4, 0.5) is 10.5 Å². The van der Waals surface area contributed by atoms with Crippen LogP contribution in [0.2, 0.25) is 5.02 Å². The standard InChI is InChI=1S/C21H22ClN3O2/c1-13-9-16(22)7-8-17(13)24-21(27)25-12-14-10-18(19(25)11-14)23-20(26)15-5-3-2-4-6-15/h2-9,14,18-19H,10-12H2,1H3,(H,23,26)(H,24,27)/t14-,18+,19-/m1/s1. The van der Waals surface area contributed by atoms with E-state index >= 15 is 0 Å². The minimum absolute atomic E-state index is 0.00600. The molecule has 3 atom stereocenters. The molecule has 2 aromatic rings. The Bertz CT molecular complexity index is 871. The lowest BCUT2D eigenvalue weighted by molar-refractivity contribution is 0.0906. The van der Waals surface area contributed by atoms with Crippen LogP contribution in [0, 0.1) is 12.8 Å². The monoisotopic (exact) mass is 383 g/mol. The average molecular weight is 384 g/mol. The van der Waals surface area contributed by atoms with Gasteiger partial charge in [0.1, 0.15) is 0 Å². The number of carbonyl (C=O) groups is 2. The van der Waals surface area contributed by atoms with E-state index in [4.69, 9.17) is 11.6 Å². The first-order chi connectivity index (χ1) is 13.0. The molecule has 2 aliphatic rings. The van der Waals surface area contributed by atoms with E-state index in [9.17, 15) is 9.59 Å². The molecule has 27 heavy (non-hydrogen) atoms. The van der Waals surface area contributed by atoms with Crippen LogP contribution in [0.1, 0.15) is 28.8 Å². The van der Waals surface area contributed by atoms with Gasteiger partial charge in [0.2, 0.25) is 0 Å². The van der Waals surface area contributed by atoms with E-state index in [1.807, 2.05) is 42.2 Å². The number of halogens is 1. The number of nitrogens with zero attached hydrogens (tertiary/aromatic N) is 1. The van der Waals surface area contributed by atoms with E-state index in [-0.39, 0.29) is 24.0 Å². The number of piperidine rings is 1. The summed E-state index contributed by atoms with van der Waals surface area (Å²) in [6.07, 6.45) is 1.86. The van der Waals surface area contributed by atoms with E-state index < -0.39 is 0 Å². The summed E-state index contributed by atoms with van der Waals surface area (Å²) in [6.45, 7) is 2.65. The van der Waals surface area contributed by atoms with Gasteiger partial charge in [0.05, 0.1) is 6.04 Å². The molecule has 6 heteroatoms. The third-order valence-corrected chi connectivity index (χ3v) is 5.76. The highest BCUT2D eigenvalue weighted by atomic mass is 35.5. The molecule has 2 bridgehead atoms. The zero-order chi connectivity index (χ0) is 19.0. The number of rotatable bonds is 3. The highest BCUT2D eigenvalue weighted by Crippen LogP contribution is 2.38. The van der Waals surface area contributed by atoms with E-state index in [0.717, 1.165) is 30.6 Å². The Labute approximate surface area is 163 Å². The molecular formula is C21H22ClN3O2. The fraction of sp³-hybridized carbons (Fsp3) is 0.333. The van der Waals surface area contributed by atoms with Gasteiger partial charge in [0.15, 0.2) is 0 Å². The number of carbonyl (C=O) groups excluding carboxylic acids is 2. The van der Waals surface area contributed by atoms with Crippen molar-refractivity contribution in [1.82, 2.24) is 10.2 Å². The molecule has 3 amide bonds. The van der Waals surface area contributed by atoms with Crippen molar-refractivity contribution in [1.29, 1.82) is 0 Å². The van der Waals surface area contributed by atoms with Crippen LogP contribution >= 0.6 is 11.6 Å². The molecule has 140 valence electrons. The van der Waals surface area contributed by atoms with Crippen LogP contribution in [0.5, 0.6) is 0 Å². The lowest BCUT2D eigenvalue weighted by Crippen LogP contribution is -2.53. The zero-order valence-electron chi connectivity index (χ0n) is 15.1. The topological polar surface area (TPSA) is 61.4 Å². The summed E-state index contributed by atoms with van der Waals surface area (Å²) in [5.74, 6) is 0.357. The summed E-state index contributed by atoms with van der Waals surface area (Å²) >= 11 is 5.99. The van der Waals surface area contributed by atoms with Gasteiger partial charge in [-0.25, -0.2) is 4.79 Å². The highest BCUT2D eigenvalue weighted by molar-refractivity contribution is 6.30. The first kappa shape index (κ1) is 17.9. The van der Waals surface area contributed by atoms with Crippen LogP contribution in [-0.4, -0.2) is 35.5 Å². The molecule has 1 saturated carbocycles. The predicted molar refractivity (Wildman–Crippen MR) is 106 cm³/mol. The maximum atomic E-state index is 12.8. The predicted octanol–water partition coefficient (Wildman–Crippen LogP) is 4.07. The molecule has 0 radical (unpaired) electrons. The molecule has 4 rings (SSSR count). The van der Waals surface area contributed by atoms with Gasteiger partial charge >= 0.3 is 6.03 Å². The van der Waals surface area contributed by atoms with Crippen LogP contribution in [0.3, 0.4) is 0 Å². The number of hydrogen-bond donors (Lipinski definition) is 2. The van der Waals surface area contributed by atoms with Crippen molar-refractivity contribution >= 4 is 29.2 Å². The molecule has 2 fully saturated rings. The first-order valence-electron chi connectivity index (χ1n) is 9.21. The molecule has 1 heterocycles. The molecule has 1 aliphatic heterocycles. The van der Waals surface area contributed by atoms with Crippen molar-refractivity contribution in [3.05, 3.63) is 64.7 Å². The Balaban J connectivity index is 1.43. The summed E-state index contributed by atoms with van der Waals surface area (Å²) in [7, 11) is 0. The van der Waals surface area contributed by atoms with Gasteiger partial charge in [-0.3, -0.25) is 4.79 Å². The van der Waals surface area contributed by atoms with Crippen LogP contribution in [0.25, 0.3) is 0 Å². The molecule has 0 spiro atoms. The fourth-order valence-corrected chi connectivity index (χ4v) is 4.44. The number of benzene rings is 2. The van der Waals surface area contributed by atoms with Crippen LogP contribution in [0.15, 0.2) is 48.5 Å². The molecule has 2 N–H and O–H groups in total. The van der Waals surface area contributed by atoms with Crippen molar-refractivity contribution in [3.63, 3.8) is 0 Å². The minimum atomic E-state index is -0.119. The Hall–Kier alpha value is -2.53. The molecule has 5 nitrogen and oxygen atoms in total. The Kier molecular flexibility index (Phi) is 4.79. The molecule has 1 aliphatic carbocycles.